The number of rotatable bonds is 7. The highest BCUT2D eigenvalue weighted by Gasteiger charge is 2.22. The van der Waals surface area contributed by atoms with E-state index in [9.17, 15) is 0 Å². The molecule has 0 saturated carbocycles. The summed E-state index contributed by atoms with van der Waals surface area (Å²) in [4.78, 5) is 7.43. The van der Waals surface area contributed by atoms with E-state index in [1.165, 1.54) is 31.5 Å². The first-order chi connectivity index (χ1) is 15.6. The van der Waals surface area contributed by atoms with Gasteiger partial charge in [0.15, 0.2) is 11.8 Å². The van der Waals surface area contributed by atoms with Gasteiger partial charge in [0.05, 0.1) is 12.6 Å². The molecule has 0 bridgehead atoms. The van der Waals surface area contributed by atoms with Crippen molar-refractivity contribution in [1.29, 1.82) is 0 Å². The van der Waals surface area contributed by atoms with Crippen molar-refractivity contribution >= 4 is 29.9 Å². The number of benzene rings is 1. The molecule has 0 amide bonds. The minimum Gasteiger partial charge on any atom is -0.493 e. The zero-order valence-corrected chi connectivity index (χ0v) is 22.4. The Labute approximate surface area is 214 Å². The van der Waals surface area contributed by atoms with Gasteiger partial charge in [0.25, 0.3) is 0 Å². The van der Waals surface area contributed by atoms with E-state index in [0.717, 1.165) is 55.2 Å². The molecule has 9 heteroatoms. The Hall–Kier alpha value is -1.88. The number of piperidine rings is 1. The molecule has 1 fully saturated rings. The van der Waals surface area contributed by atoms with Crippen molar-refractivity contribution in [2.24, 2.45) is 18.0 Å². The number of aromatic nitrogens is 3. The van der Waals surface area contributed by atoms with Crippen LogP contribution in [0.15, 0.2) is 29.3 Å². The van der Waals surface area contributed by atoms with Crippen molar-refractivity contribution in [2.45, 2.75) is 52.1 Å². The summed E-state index contributed by atoms with van der Waals surface area (Å²) in [6, 6.07) is 8.43. The fourth-order valence-electron chi connectivity index (χ4n) is 4.34. The maximum Gasteiger partial charge on any atom is 0.192 e. The molecular weight excluding hydrogens is 529 g/mol. The third kappa shape index (κ3) is 7.05. The minimum atomic E-state index is 0. The molecule has 1 aromatic heterocycles. The largest absolute Gasteiger partial charge is 0.493 e. The van der Waals surface area contributed by atoms with Crippen LogP contribution in [0, 0.1) is 12.8 Å². The van der Waals surface area contributed by atoms with Crippen molar-refractivity contribution in [1.82, 2.24) is 30.3 Å². The molecular formula is C24H38IN7O. The van der Waals surface area contributed by atoms with Crippen molar-refractivity contribution < 1.29 is 4.74 Å². The Morgan fingerprint density at radius 3 is 2.73 bits per heavy atom. The summed E-state index contributed by atoms with van der Waals surface area (Å²) in [5.41, 5.74) is 1.19. The summed E-state index contributed by atoms with van der Waals surface area (Å²) in [6.07, 6.45) is 4.65. The monoisotopic (exact) mass is 567 g/mol. The summed E-state index contributed by atoms with van der Waals surface area (Å²) in [6.45, 7) is 9.99. The summed E-state index contributed by atoms with van der Waals surface area (Å²) >= 11 is 0. The van der Waals surface area contributed by atoms with Crippen LogP contribution < -0.4 is 15.4 Å². The number of hydrogen-bond acceptors (Lipinski definition) is 5. The summed E-state index contributed by atoms with van der Waals surface area (Å²) < 4.78 is 7.82. The number of ether oxygens (including phenoxy) is 1. The highest BCUT2D eigenvalue weighted by atomic mass is 127. The standard InChI is InChI=1S/C24H37N7O.HI/c1-18-9-14-31(15-10-18)13-6-12-25-24(26-17-23-29-28-19(2)30(23)3)27-21-11-16-32-22-8-5-4-7-20(21)22;/h4-5,7-8,18,21H,6,9-17H2,1-3H3,(H2,25,26,27);1H. The second-order valence-corrected chi connectivity index (χ2v) is 9.06. The Balaban J connectivity index is 0.00000306. The molecule has 3 heterocycles. The van der Waals surface area contributed by atoms with Crippen molar-refractivity contribution in [3.63, 3.8) is 0 Å². The second kappa shape index (κ2) is 12.5. The van der Waals surface area contributed by atoms with Gasteiger partial charge in [-0.3, -0.25) is 0 Å². The first kappa shape index (κ1) is 25.7. The molecule has 1 saturated heterocycles. The van der Waals surface area contributed by atoms with Gasteiger partial charge in [-0.1, -0.05) is 25.1 Å². The molecule has 33 heavy (non-hydrogen) atoms. The predicted octanol–water partition coefficient (Wildman–Crippen LogP) is 3.42. The van der Waals surface area contributed by atoms with E-state index in [1.807, 2.05) is 30.7 Å². The Morgan fingerprint density at radius 2 is 1.97 bits per heavy atom. The third-order valence-electron chi connectivity index (χ3n) is 6.65. The molecule has 2 aromatic rings. The molecule has 1 unspecified atom stereocenters. The summed E-state index contributed by atoms with van der Waals surface area (Å²) in [7, 11) is 1.98. The number of hydrogen-bond donors (Lipinski definition) is 2. The first-order valence-electron chi connectivity index (χ1n) is 11.9. The summed E-state index contributed by atoms with van der Waals surface area (Å²) in [5, 5.41) is 15.6. The minimum absolute atomic E-state index is 0. The van der Waals surface area contributed by atoms with Crippen LogP contribution in [0.4, 0.5) is 0 Å². The van der Waals surface area contributed by atoms with Crippen molar-refractivity contribution in [3.8, 4) is 5.75 Å². The Morgan fingerprint density at radius 1 is 1.18 bits per heavy atom. The van der Waals surface area contributed by atoms with Gasteiger partial charge in [-0.2, -0.15) is 0 Å². The van der Waals surface area contributed by atoms with Crippen LogP contribution in [0.25, 0.3) is 0 Å². The Kier molecular flexibility index (Phi) is 9.78. The van der Waals surface area contributed by atoms with Gasteiger partial charge in [0, 0.05) is 25.6 Å². The van der Waals surface area contributed by atoms with Gasteiger partial charge in [-0.25, -0.2) is 4.99 Å². The number of nitrogens with zero attached hydrogens (tertiary/aromatic N) is 5. The first-order valence-corrected chi connectivity index (χ1v) is 11.9. The average molecular weight is 568 g/mol. The molecule has 0 radical (unpaired) electrons. The molecule has 4 rings (SSSR count). The second-order valence-electron chi connectivity index (χ2n) is 9.06. The van der Waals surface area contributed by atoms with E-state index < -0.39 is 0 Å². The van der Waals surface area contributed by atoms with Gasteiger partial charge < -0.3 is 24.8 Å². The van der Waals surface area contributed by atoms with Gasteiger partial charge in [-0.05, 0) is 57.8 Å². The smallest absolute Gasteiger partial charge is 0.192 e. The molecule has 2 N–H and O–H groups in total. The normalized spacial score (nSPS) is 19.4. The molecule has 1 atom stereocenters. The number of fused-ring (bicyclic) bond motifs is 1. The molecule has 0 spiro atoms. The van der Waals surface area contributed by atoms with Crippen LogP contribution >= 0.6 is 24.0 Å². The van der Waals surface area contributed by atoms with Crippen molar-refractivity contribution in [3.05, 3.63) is 41.5 Å². The maximum atomic E-state index is 5.83. The predicted molar refractivity (Wildman–Crippen MR) is 142 cm³/mol. The van der Waals surface area contributed by atoms with E-state index >= 15 is 0 Å². The van der Waals surface area contributed by atoms with E-state index in [4.69, 9.17) is 9.73 Å². The van der Waals surface area contributed by atoms with E-state index in [1.54, 1.807) is 0 Å². The molecule has 182 valence electrons. The topological polar surface area (TPSA) is 79.6 Å². The van der Waals surface area contributed by atoms with E-state index in [2.05, 4.69) is 44.8 Å². The van der Waals surface area contributed by atoms with Crippen LogP contribution in [0.2, 0.25) is 0 Å². The number of aryl methyl sites for hydroxylation is 1. The van der Waals surface area contributed by atoms with Gasteiger partial charge in [0.1, 0.15) is 18.1 Å². The lowest BCUT2D eigenvalue weighted by atomic mass is 9.99. The van der Waals surface area contributed by atoms with Crippen LogP contribution in [0.3, 0.4) is 0 Å². The fourth-order valence-corrected chi connectivity index (χ4v) is 4.34. The average Bonchev–Trinajstić information content (AvgIpc) is 3.13. The molecule has 2 aliphatic rings. The van der Waals surface area contributed by atoms with Crippen LogP contribution in [0.5, 0.6) is 5.75 Å². The van der Waals surface area contributed by atoms with Gasteiger partial charge in [-0.15, -0.1) is 34.2 Å². The zero-order valence-electron chi connectivity index (χ0n) is 20.1. The third-order valence-corrected chi connectivity index (χ3v) is 6.65. The SMILES string of the molecule is Cc1nnc(CN=C(NCCCN2CCC(C)CC2)NC2CCOc3ccccc32)n1C.I. The Bertz CT molecular complexity index is 908. The zero-order chi connectivity index (χ0) is 22.3. The fraction of sp³-hybridized carbons (Fsp3) is 0.625. The number of aliphatic imine (C=N–C) groups is 1. The highest BCUT2D eigenvalue weighted by Crippen LogP contribution is 2.31. The lowest BCUT2D eigenvalue weighted by Gasteiger charge is -2.30. The molecule has 2 aliphatic heterocycles. The van der Waals surface area contributed by atoms with Crippen LogP contribution in [-0.2, 0) is 13.6 Å². The number of nitrogens with one attached hydrogen (secondary N) is 2. The maximum absolute atomic E-state index is 5.83. The number of guanidine groups is 1. The van der Waals surface area contributed by atoms with Gasteiger partial charge >= 0.3 is 0 Å². The van der Waals surface area contributed by atoms with Crippen LogP contribution in [0.1, 0.15) is 55.9 Å². The highest BCUT2D eigenvalue weighted by molar-refractivity contribution is 14.0. The van der Waals surface area contributed by atoms with Gasteiger partial charge in [0.2, 0.25) is 0 Å². The number of para-hydroxylation sites is 1. The van der Waals surface area contributed by atoms with Crippen molar-refractivity contribution in [2.75, 3.05) is 32.8 Å². The molecule has 0 aliphatic carbocycles. The number of likely N-dealkylation sites (tertiary alicyclic amines) is 1. The quantitative estimate of drug-likeness (QED) is 0.231. The molecule has 8 nitrogen and oxygen atoms in total. The lowest BCUT2D eigenvalue weighted by Crippen LogP contribution is -2.42. The lowest BCUT2D eigenvalue weighted by molar-refractivity contribution is 0.191. The summed E-state index contributed by atoms with van der Waals surface area (Å²) in [5.74, 6) is 4.41. The number of halogens is 1. The van der Waals surface area contributed by atoms with E-state index in [-0.39, 0.29) is 30.0 Å². The molecule has 1 aromatic carbocycles. The van der Waals surface area contributed by atoms with E-state index in [0.29, 0.717) is 13.2 Å². The van der Waals surface area contributed by atoms with Crippen LogP contribution in [-0.4, -0.2) is 58.4 Å².